The maximum atomic E-state index is 13.3. The maximum Gasteiger partial charge on any atom is 0.262 e. The number of amides is 1. The van der Waals surface area contributed by atoms with Crippen molar-refractivity contribution in [3.05, 3.63) is 80.9 Å². The molecule has 4 rings (SSSR count). The average Bonchev–Trinajstić information content (AvgIpc) is 2.78. The van der Waals surface area contributed by atoms with Crippen molar-refractivity contribution in [2.24, 2.45) is 11.1 Å². The molecule has 0 saturated heterocycles. The first-order chi connectivity index (χ1) is 16.6. The molecule has 1 atom stereocenters. The van der Waals surface area contributed by atoms with Crippen LogP contribution in [0.15, 0.2) is 69.7 Å². The first-order valence-electron chi connectivity index (χ1n) is 11.2. The molecule has 0 radical (unpaired) electrons. The fourth-order valence-electron chi connectivity index (χ4n) is 4.45. The van der Waals surface area contributed by atoms with Crippen molar-refractivity contribution in [1.82, 2.24) is 0 Å². The molecule has 35 heavy (non-hydrogen) atoms. The summed E-state index contributed by atoms with van der Waals surface area (Å²) in [7, 11) is 0. The van der Waals surface area contributed by atoms with E-state index in [0.29, 0.717) is 41.2 Å². The van der Waals surface area contributed by atoms with Gasteiger partial charge in [0.15, 0.2) is 12.4 Å². The molecule has 1 unspecified atom stereocenters. The molecule has 7 nitrogen and oxygen atoms in total. The highest BCUT2D eigenvalue weighted by molar-refractivity contribution is 9.10. The van der Waals surface area contributed by atoms with Crippen molar-refractivity contribution < 1.29 is 19.1 Å². The molecule has 0 spiro atoms. The zero-order chi connectivity index (χ0) is 25.3. The minimum atomic E-state index is -0.750. The van der Waals surface area contributed by atoms with Gasteiger partial charge in [0, 0.05) is 34.1 Å². The van der Waals surface area contributed by atoms with Gasteiger partial charge < -0.3 is 20.5 Å². The second-order valence-electron chi connectivity index (χ2n) is 9.59. The molecule has 0 fully saturated rings. The van der Waals surface area contributed by atoms with E-state index in [1.54, 1.807) is 18.2 Å². The number of nitrogens with two attached hydrogens (primary N) is 1. The summed E-state index contributed by atoms with van der Waals surface area (Å²) < 4.78 is 12.4. The quantitative estimate of drug-likeness (QED) is 0.541. The van der Waals surface area contributed by atoms with E-state index < -0.39 is 5.92 Å². The first kappa shape index (κ1) is 24.6. The van der Waals surface area contributed by atoms with E-state index in [0.717, 1.165) is 10.0 Å². The van der Waals surface area contributed by atoms with E-state index in [9.17, 15) is 14.9 Å². The number of ketones is 1. The van der Waals surface area contributed by atoms with E-state index >= 15 is 0 Å². The molecule has 1 amide bonds. The fourth-order valence-corrected chi connectivity index (χ4v) is 4.83. The van der Waals surface area contributed by atoms with Crippen LogP contribution in [0.1, 0.15) is 43.7 Å². The van der Waals surface area contributed by atoms with Crippen LogP contribution in [0.2, 0.25) is 0 Å². The van der Waals surface area contributed by atoms with Crippen LogP contribution in [-0.4, -0.2) is 18.3 Å². The summed E-state index contributed by atoms with van der Waals surface area (Å²) in [5.41, 5.74) is 8.73. The van der Waals surface area contributed by atoms with Crippen molar-refractivity contribution in [2.45, 2.75) is 39.5 Å². The molecular weight excluding hydrogens is 510 g/mol. The number of halogens is 1. The fraction of sp³-hybridized carbons (Fsp3) is 0.296. The van der Waals surface area contributed by atoms with Gasteiger partial charge in [-0.25, -0.2) is 0 Å². The predicted octanol–water partition coefficient (Wildman–Crippen LogP) is 5.23. The summed E-state index contributed by atoms with van der Waals surface area (Å²) in [4.78, 5) is 25.8. The molecule has 0 saturated carbocycles. The average molecular weight is 536 g/mol. The Bertz CT molecular complexity index is 1300. The van der Waals surface area contributed by atoms with Crippen LogP contribution in [0, 0.1) is 23.7 Å². The van der Waals surface area contributed by atoms with Gasteiger partial charge in [-0.1, -0.05) is 47.5 Å². The standard InChI is InChI=1S/C27H26BrN3O4/c1-15-4-7-17(8-5-15)31-23(33)14-34-21-9-6-16(28)10-18(21)24-19(13-29)26(30)35-22-12-27(2,3)11-20(32)25(22)24/h4-10,24H,11-12,14,30H2,1-3H3,(H,31,33). The van der Waals surface area contributed by atoms with E-state index in [1.165, 1.54) is 0 Å². The Morgan fingerprint density at radius 3 is 2.66 bits per heavy atom. The molecule has 2 aromatic carbocycles. The Morgan fingerprint density at radius 2 is 1.97 bits per heavy atom. The topological polar surface area (TPSA) is 114 Å². The Morgan fingerprint density at radius 1 is 1.26 bits per heavy atom. The number of carbonyl (C=O) groups excluding carboxylic acids is 2. The third-order valence-corrected chi connectivity index (χ3v) is 6.55. The zero-order valence-electron chi connectivity index (χ0n) is 19.8. The van der Waals surface area contributed by atoms with Crippen LogP contribution in [0.25, 0.3) is 0 Å². The van der Waals surface area contributed by atoms with Crippen LogP contribution >= 0.6 is 15.9 Å². The molecule has 1 aliphatic carbocycles. The molecule has 180 valence electrons. The molecular formula is C27H26BrN3O4. The minimum absolute atomic E-state index is 0.0233. The highest BCUT2D eigenvalue weighted by atomic mass is 79.9. The van der Waals surface area contributed by atoms with Gasteiger partial charge in [-0.15, -0.1) is 0 Å². The lowest BCUT2D eigenvalue weighted by Crippen LogP contribution is -2.33. The number of aryl methyl sites for hydroxylation is 1. The lowest BCUT2D eigenvalue weighted by molar-refractivity contribution is -0.119. The van der Waals surface area contributed by atoms with E-state index in [2.05, 4.69) is 27.3 Å². The van der Waals surface area contributed by atoms with E-state index in [1.807, 2.05) is 45.0 Å². The number of Topliss-reactive ketones (excluding diaryl/α,β-unsaturated/α-hetero) is 1. The molecule has 0 bridgehead atoms. The summed E-state index contributed by atoms with van der Waals surface area (Å²) in [5.74, 6) is -0.338. The smallest absolute Gasteiger partial charge is 0.262 e. The summed E-state index contributed by atoms with van der Waals surface area (Å²) in [5, 5.41) is 12.7. The minimum Gasteiger partial charge on any atom is -0.483 e. The normalized spacial score (nSPS) is 18.9. The number of hydrogen-bond donors (Lipinski definition) is 2. The van der Waals surface area contributed by atoms with Gasteiger partial charge in [-0.3, -0.25) is 9.59 Å². The number of benzene rings is 2. The third kappa shape index (κ3) is 5.25. The summed E-state index contributed by atoms with van der Waals surface area (Å²) >= 11 is 3.47. The van der Waals surface area contributed by atoms with Gasteiger partial charge in [0.2, 0.25) is 5.88 Å². The van der Waals surface area contributed by atoms with Crippen LogP contribution in [0.4, 0.5) is 5.69 Å². The van der Waals surface area contributed by atoms with Gasteiger partial charge in [0.05, 0.1) is 5.92 Å². The molecule has 0 aromatic heterocycles. The highest BCUT2D eigenvalue weighted by Gasteiger charge is 2.43. The monoisotopic (exact) mass is 535 g/mol. The highest BCUT2D eigenvalue weighted by Crippen LogP contribution is 2.49. The zero-order valence-corrected chi connectivity index (χ0v) is 21.4. The second-order valence-corrected chi connectivity index (χ2v) is 10.5. The Kier molecular flexibility index (Phi) is 6.73. The summed E-state index contributed by atoms with van der Waals surface area (Å²) in [6.45, 7) is 5.70. The molecule has 2 aromatic rings. The SMILES string of the molecule is Cc1ccc(NC(=O)COc2ccc(Br)cc2C2C(C#N)=C(N)OC3=C2C(=O)CC(C)(C)C3)cc1. The molecule has 1 heterocycles. The molecule has 8 heteroatoms. The predicted molar refractivity (Wildman–Crippen MR) is 135 cm³/mol. The Balaban J connectivity index is 1.67. The van der Waals surface area contributed by atoms with Gasteiger partial charge in [0.1, 0.15) is 23.2 Å². The summed E-state index contributed by atoms with van der Waals surface area (Å²) in [6, 6.07) is 14.8. The number of rotatable bonds is 5. The number of allylic oxidation sites excluding steroid dienone is 3. The molecule has 1 aliphatic heterocycles. The summed E-state index contributed by atoms with van der Waals surface area (Å²) in [6.07, 6.45) is 0.848. The third-order valence-electron chi connectivity index (χ3n) is 6.05. The number of anilines is 1. The number of nitrogens with one attached hydrogen (secondary N) is 1. The van der Waals surface area contributed by atoms with Crippen molar-refractivity contribution in [1.29, 1.82) is 5.26 Å². The molecule has 3 N–H and O–H groups in total. The number of nitrogens with zero attached hydrogens (tertiary/aromatic N) is 1. The Labute approximate surface area is 212 Å². The van der Waals surface area contributed by atoms with Crippen molar-refractivity contribution in [3.8, 4) is 11.8 Å². The lowest BCUT2D eigenvalue weighted by Gasteiger charge is -2.37. The van der Waals surface area contributed by atoms with Crippen molar-refractivity contribution in [3.63, 3.8) is 0 Å². The molecule has 2 aliphatic rings. The van der Waals surface area contributed by atoms with Crippen LogP contribution < -0.4 is 15.8 Å². The van der Waals surface area contributed by atoms with Gasteiger partial charge in [0.25, 0.3) is 5.91 Å². The van der Waals surface area contributed by atoms with E-state index in [4.69, 9.17) is 15.2 Å². The largest absolute Gasteiger partial charge is 0.483 e. The van der Waals surface area contributed by atoms with Gasteiger partial charge in [-0.2, -0.15) is 5.26 Å². The van der Waals surface area contributed by atoms with Crippen LogP contribution in [0.5, 0.6) is 5.75 Å². The number of carbonyl (C=O) groups is 2. The first-order valence-corrected chi connectivity index (χ1v) is 12.0. The van der Waals surface area contributed by atoms with Gasteiger partial charge >= 0.3 is 0 Å². The number of ether oxygens (including phenoxy) is 2. The number of hydrogen-bond acceptors (Lipinski definition) is 6. The van der Waals surface area contributed by atoms with E-state index in [-0.39, 0.29) is 35.2 Å². The van der Waals surface area contributed by atoms with Crippen LogP contribution in [-0.2, 0) is 14.3 Å². The van der Waals surface area contributed by atoms with Crippen molar-refractivity contribution >= 4 is 33.3 Å². The van der Waals surface area contributed by atoms with Gasteiger partial charge in [-0.05, 0) is 42.7 Å². The number of nitriles is 1. The second kappa shape index (κ2) is 9.59. The van der Waals surface area contributed by atoms with Crippen molar-refractivity contribution in [2.75, 3.05) is 11.9 Å². The maximum absolute atomic E-state index is 13.3. The Hall–Kier alpha value is -3.57. The van der Waals surface area contributed by atoms with Crippen LogP contribution in [0.3, 0.4) is 0 Å². The lowest BCUT2D eigenvalue weighted by atomic mass is 9.70.